The molecule has 1 aliphatic carbocycles. The summed E-state index contributed by atoms with van der Waals surface area (Å²) in [5.74, 6) is -1.54. The summed E-state index contributed by atoms with van der Waals surface area (Å²) >= 11 is 0. The van der Waals surface area contributed by atoms with Crippen molar-refractivity contribution in [2.45, 2.75) is 51.0 Å². The van der Waals surface area contributed by atoms with Crippen molar-refractivity contribution in [2.75, 3.05) is 0 Å². The number of carbonyl (C=O) groups is 1. The molecule has 1 rings (SSSR count). The average Bonchev–Trinajstić information content (AvgIpc) is 2.39. The maximum Gasteiger partial charge on any atom is 0.309 e. The van der Waals surface area contributed by atoms with E-state index in [1.165, 1.54) is 0 Å². The average molecular weight is 212 g/mol. The Labute approximate surface area is 90.8 Å². The van der Waals surface area contributed by atoms with Crippen LogP contribution in [-0.4, -0.2) is 21.8 Å². The molecule has 3 heteroatoms. The van der Waals surface area contributed by atoms with Gasteiger partial charge in [0.25, 0.3) is 0 Å². The smallest absolute Gasteiger partial charge is 0.309 e. The van der Waals surface area contributed by atoms with Gasteiger partial charge in [-0.25, -0.2) is 0 Å². The predicted octanol–water partition coefficient (Wildman–Crippen LogP) is 2.35. The van der Waals surface area contributed by atoms with Crippen LogP contribution in [0.25, 0.3) is 0 Å². The van der Waals surface area contributed by atoms with Gasteiger partial charge >= 0.3 is 5.97 Å². The van der Waals surface area contributed by atoms with Crippen molar-refractivity contribution >= 4 is 5.97 Å². The molecular formula is C12H20O3. The number of hydrogen-bond acceptors (Lipinski definition) is 2. The second kappa shape index (κ2) is 5.31. The number of aliphatic carboxylic acids is 1. The Morgan fingerprint density at radius 3 is 2.87 bits per heavy atom. The Bertz CT molecular complexity index is 247. The van der Waals surface area contributed by atoms with Crippen LogP contribution >= 0.6 is 0 Å². The highest BCUT2D eigenvalue weighted by Crippen LogP contribution is 2.32. The number of rotatable bonds is 4. The molecule has 0 aromatic rings. The fourth-order valence-corrected chi connectivity index (χ4v) is 2.21. The monoisotopic (exact) mass is 212 g/mol. The molecule has 2 atom stereocenters. The van der Waals surface area contributed by atoms with Gasteiger partial charge in [0.15, 0.2) is 0 Å². The maximum absolute atomic E-state index is 11.1. The first-order valence-corrected chi connectivity index (χ1v) is 5.73. The summed E-state index contributed by atoms with van der Waals surface area (Å²) in [6, 6.07) is 0. The molecule has 0 fully saturated rings. The molecule has 2 unspecified atom stereocenters. The van der Waals surface area contributed by atoms with Crippen LogP contribution in [0.1, 0.15) is 45.4 Å². The molecule has 0 saturated heterocycles. The minimum absolute atomic E-state index is 0.538. The molecule has 0 spiro atoms. The Hall–Kier alpha value is -0.830. The Kier molecular flexibility index (Phi) is 4.33. The van der Waals surface area contributed by atoms with E-state index in [0.29, 0.717) is 12.8 Å². The Balaban J connectivity index is 2.82. The third kappa shape index (κ3) is 3.06. The second-order valence-corrected chi connectivity index (χ2v) is 4.32. The third-order valence-electron chi connectivity index (χ3n) is 3.08. The topological polar surface area (TPSA) is 57.5 Å². The van der Waals surface area contributed by atoms with Crippen molar-refractivity contribution < 1.29 is 15.0 Å². The molecule has 15 heavy (non-hydrogen) atoms. The molecule has 3 nitrogen and oxygen atoms in total. The molecule has 1 aliphatic rings. The first-order chi connectivity index (χ1) is 7.10. The third-order valence-corrected chi connectivity index (χ3v) is 3.08. The molecule has 2 N–H and O–H groups in total. The normalized spacial score (nSPS) is 28.4. The molecule has 0 radical (unpaired) electrons. The molecular weight excluding hydrogens is 192 g/mol. The zero-order chi connectivity index (χ0) is 11.3. The van der Waals surface area contributed by atoms with Crippen molar-refractivity contribution in [1.29, 1.82) is 0 Å². The van der Waals surface area contributed by atoms with Crippen molar-refractivity contribution in [3.63, 3.8) is 0 Å². The molecule has 0 saturated carbocycles. The fraction of sp³-hybridized carbons (Fsp3) is 0.750. The number of carboxylic acids is 1. The van der Waals surface area contributed by atoms with E-state index in [4.69, 9.17) is 5.11 Å². The van der Waals surface area contributed by atoms with Crippen molar-refractivity contribution in [2.24, 2.45) is 5.92 Å². The van der Waals surface area contributed by atoms with E-state index in [-0.39, 0.29) is 0 Å². The van der Waals surface area contributed by atoms with Gasteiger partial charge in [0, 0.05) is 0 Å². The lowest BCUT2D eigenvalue weighted by molar-refractivity contribution is -0.150. The van der Waals surface area contributed by atoms with Crippen LogP contribution < -0.4 is 0 Å². The minimum Gasteiger partial charge on any atom is -0.481 e. The van der Waals surface area contributed by atoms with Gasteiger partial charge in [0.05, 0.1) is 11.5 Å². The van der Waals surface area contributed by atoms with Crippen LogP contribution in [0.15, 0.2) is 12.2 Å². The number of carboxylic acid groups (broad SMARTS) is 1. The summed E-state index contributed by atoms with van der Waals surface area (Å²) in [6.07, 6.45) is 8.39. The summed E-state index contributed by atoms with van der Waals surface area (Å²) in [6.45, 7) is 1.94. The lowest BCUT2D eigenvalue weighted by atomic mass is 9.81. The van der Waals surface area contributed by atoms with Crippen LogP contribution in [0, 0.1) is 5.92 Å². The van der Waals surface area contributed by atoms with E-state index < -0.39 is 17.5 Å². The molecule has 0 amide bonds. The Morgan fingerprint density at radius 1 is 1.53 bits per heavy atom. The maximum atomic E-state index is 11.1. The van der Waals surface area contributed by atoms with Crippen molar-refractivity contribution in [3.8, 4) is 0 Å². The highest BCUT2D eigenvalue weighted by atomic mass is 16.4. The SMILES string of the molecule is CCCC(C(=O)O)C1(O)C=CCCCC1. The highest BCUT2D eigenvalue weighted by molar-refractivity contribution is 5.72. The lowest BCUT2D eigenvalue weighted by Gasteiger charge is -2.30. The first kappa shape index (κ1) is 12.2. The van der Waals surface area contributed by atoms with E-state index in [1.807, 2.05) is 13.0 Å². The van der Waals surface area contributed by atoms with Crippen LogP contribution in [0.2, 0.25) is 0 Å². The zero-order valence-electron chi connectivity index (χ0n) is 9.28. The van der Waals surface area contributed by atoms with E-state index in [9.17, 15) is 9.90 Å². The van der Waals surface area contributed by atoms with Gasteiger partial charge < -0.3 is 10.2 Å². The molecule has 86 valence electrons. The Morgan fingerprint density at radius 2 is 2.27 bits per heavy atom. The molecule has 0 aliphatic heterocycles. The summed E-state index contributed by atoms with van der Waals surface area (Å²) in [5, 5.41) is 19.5. The van der Waals surface area contributed by atoms with Crippen LogP contribution in [0.5, 0.6) is 0 Å². The van der Waals surface area contributed by atoms with Gasteiger partial charge in [-0.1, -0.05) is 25.5 Å². The van der Waals surface area contributed by atoms with E-state index in [0.717, 1.165) is 25.7 Å². The summed E-state index contributed by atoms with van der Waals surface area (Å²) < 4.78 is 0. The first-order valence-electron chi connectivity index (χ1n) is 5.73. The van der Waals surface area contributed by atoms with Gasteiger partial charge in [0.2, 0.25) is 0 Å². The van der Waals surface area contributed by atoms with E-state index >= 15 is 0 Å². The standard InChI is InChI=1S/C12H20O3/c1-2-7-10(11(13)14)12(15)8-5-3-4-6-9-12/h5,8,10,15H,2-4,6-7,9H2,1H3,(H,13,14). The number of allylic oxidation sites excluding steroid dienone is 1. The van der Waals surface area contributed by atoms with E-state index in [1.54, 1.807) is 6.08 Å². The lowest BCUT2D eigenvalue weighted by Crippen LogP contribution is -2.40. The zero-order valence-corrected chi connectivity index (χ0v) is 9.28. The predicted molar refractivity (Wildman–Crippen MR) is 58.6 cm³/mol. The van der Waals surface area contributed by atoms with Gasteiger partial charge in [-0.15, -0.1) is 0 Å². The van der Waals surface area contributed by atoms with Crippen LogP contribution in [0.4, 0.5) is 0 Å². The largest absolute Gasteiger partial charge is 0.481 e. The van der Waals surface area contributed by atoms with E-state index in [2.05, 4.69) is 0 Å². The number of hydrogen-bond donors (Lipinski definition) is 2. The van der Waals surface area contributed by atoms with Gasteiger partial charge in [-0.05, 0) is 32.1 Å². The molecule has 0 aromatic carbocycles. The molecule has 0 aromatic heterocycles. The van der Waals surface area contributed by atoms with Crippen LogP contribution in [0.3, 0.4) is 0 Å². The number of aliphatic hydroxyl groups is 1. The minimum atomic E-state index is -1.13. The molecule has 0 heterocycles. The highest BCUT2D eigenvalue weighted by Gasteiger charge is 2.38. The quantitative estimate of drug-likeness (QED) is 0.703. The van der Waals surface area contributed by atoms with Crippen molar-refractivity contribution in [1.82, 2.24) is 0 Å². The summed E-state index contributed by atoms with van der Waals surface area (Å²) in [4.78, 5) is 11.1. The second-order valence-electron chi connectivity index (χ2n) is 4.32. The van der Waals surface area contributed by atoms with Crippen molar-refractivity contribution in [3.05, 3.63) is 12.2 Å². The molecule has 0 bridgehead atoms. The van der Waals surface area contributed by atoms with Gasteiger partial charge in [0.1, 0.15) is 0 Å². The summed E-state index contributed by atoms with van der Waals surface area (Å²) in [5.41, 5.74) is -1.13. The van der Waals surface area contributed by atoms with Gasteiger partial charge in [-0.3, -0.25) is 4.79 Å². The summed E-state index contributed by atoms with van der Waals surface area (Å²) in [7, 11) is 0. The van der Waals surface area contributed by atoms with Gasteiger partial charge in [-0.2, -0.15) is 0 Å². The fourth-order valence-electron chi connectivity index (χ4n) is 2.21. The van der Waals surface area contributed by atoms with Crippen LogP contribution in [-0.2, 0) is 4.79 Å².